The van der Waals surface area contributed by atoms with E-state index in [1.807, 2.05) is 110 Å². The van der Waals surface area contributed by atoms with E-state index >= 15 is 4.79 Å². The number of phenols is 1. The number of hydrazine groups is 1. The lowest BCUT2D eigenvalue weighted by Gasteiger charge is -2.50. The van der Waals surface area contributed by atoms with Crippen LogP contribution in [0.25, 0.3) is 0 Å². The van der Waals surface area contributed by atoms with Gasteiger partial charge >= 0.3 is 0 Å². The van der Waals surface area contributed by atoms with Crippen LogP contribution in [-0.2, 0) is 24.6 Å². The van der Waals surface area contributed by atoms with Crippen molar-refractivity contribution in [2.75, 3.05) is 22.8 Å². The number of fused-ring (bicyclic) bond motifs is 4. The smallest absolute Gasteiger partial charge is 0.260 e. The Labute approximate surface area is 338 Å². The van der Waals surface area contributed by atoms with Crippen LogP contribution >= 0.6 is 15.9 Å². The SMILES string of the molecule is COc1cc(Br)cc(C2C3=CCC4C(=O)N(c5ccc(Nc6ccccc6)cc5)C(=O)C4C3CC3C(=O)N(Nc4ccc(C)cc4)C(=O)C32c2ccccc2)c1O. The number of aryl methyl sites for hydroxylation is 1. The Morgan fingerprint density at radius 1 is 0.772 bits per heavy atom. The van der Waals surface area contributed by atoms with Crippen molar-refractivity contribution in [2.45, 2.75) is 31.1 Å². The third-order valence-electron chi connectivity index (χ3n) is 12.2. The summed E-state index contributed by atoms with van der Waals surface area (Å²) in [4.78, 5) is 60.8. The van der Waals surface area contributed by atoms with Crippen LogP contribution in [0.5, 0.6) is 11.5 Å². The molecule has 0 bridgehead atoms. The molecule has 5 aromatic rings. The number of para-hydroxylation sites is 1. The van der Waals surface area contributed by atoms with Crippen LogP contribution in [0.3, 0.4) is 0 Å². The van der Waals surface area contributed by atoms with Gasteiger partial charge in [-0.2, -0.15) is 5.01 Å². The molecule has 2 saturated heterocycles. The first kappa shape index (κ1) is 36.4. The van der Waals surface area contributed by atoms with Gasteiger partial charge in [0.15, 0.2) is 11.5 Å². The van der Waals surface area contributed by atoms with Crippen LogP contribution in [0.4, 0.5) is 22.7 Å². The van der Waals surface area contributed by atoms with Gasteiger partial charge in [-0.15, -0.1) is 0 Å². The van der Waals surface area contributed by atoms with E-state index in [1.54, 1.807) is 24.3 Å². The monoisotopic (exact) mass is 822 g/mol. The minimum absolute atomic E-state index is 0.133. The first-order valence-corrected chi connectivity index (χ1v) is 19.7. The van der Waals surface area contributed by atoms with E-state index in [0.717, 1.165) is 27.5 Å². The number of benzene rings is 5. The zero-order chi connectivity index (χ0) is 39.6. The predicted molar refractivity (Wildman–Crippen MR) is 220 cm³/mol. The second-order valence-electron chi connectivity index (χ2n) is 15.2. The summed E-state index contributed by atoms with van der Waals surface area (Å²) in [7, 11) is 1.45. The van der Waals surface area contributed by atoms with E-state index in [1.165, 1.54) is 12.0 Å². The summed E-state index contributed by atoms with van der Waals surface area (Å²) in [6.45, 7) is 1.95. The van der Waals surface area contributed by atoms with Gasteiger partial charge in [-0.1, -0.05) is 93.8 Å². The lowest BCUT2D eigenvalue weighted by atomic mass is 9.49. The lowest BCUT2D eigenvalue weighted by molar-refractivity contribution is -0.138. The number of aromatic hydroxyl groups is 1. The highest BCUT2D eigenvalue weighted by molar-refractivity contribution is 9.10. The van der Waals surface area contributed by atoms with E-state index < -0.39 is 46.8 Å². The van der Waals surface area contributed by atoms with Gasteiger partial charge < -0.3 is 15.2 Å². The fourth-order valence-corrected chi connectivity index (χ4v) is 10.2. The molecular weight excluding hydrogens is 784 g/mol. The molecule has 4 aliphatic rings. The number of hydrogen-bond donors (Lipinski definition) is 3. The second kappa shape index (κ2) is 14.1. The van der Waals surface area contributed by atoms with E-state index in [-0.39, 0.29) is 36.2 Å². The van der Waals surface area contributed by atoms with Crippen LogP contribution < -0.4 is 20.4 Å². The fraction of sp³-hybridized carbons (Fsp3) is 0.217. The summed E-state index contributed by atoms with van der Waals surface area (Å²) in [5, 5.41) is 16.4. The summed E-state index contributed by atoms with van der Waals surface area (Å²) in [5.41, 5.74) is 7.02. The van der Waals surface area contributed by atoms with Crippen LogP contribution in [0.15, 0.2) is 137 Å². The number of carbonyl (C=O) groups excluding carboxylic acids is 4. The molecule has 2 aliphatic heterocycles. The van der Waals surface area contributed by atoms with Crippen molar-refractivity contribution in [3.8, 4) is 11.5 Å². The molecule has 0 radical (unpaired) electrons. The summed E-state index contributed by atoms with van der Waals surface area (Å²) < 4.78 is 6.22. The molecule has 3 N–H and O–H groups in total. The molecule has 0 spiro atoms. The van der Waals surface area contributed by atoms with Crippen molar-refractivity contribution in [3.63, 3.8) is 0 Å². The van der Waals surface area contributed by atoms with Crippen molar-refractivity contribution in [2.24, 2.45) is 23.7 Å². The number of imide groups is 2. The Bertz CT molecular complexity index is 2460. The minimum atomic E-state index is -1.54. The first-order valence-electron chi connectivity index (χ1n) is 18.9. The van der Waals surface area contributed by atoms with Crippen molar-refractivity contribution in [1.29, 1.82) is 0 Å². The molecule has 6 atom stereocenters. The molecule has 2 heterocycles. The average molecular weight is 824 g/mol. The minimum Gasteiger partial charge on any atom is -0.504 e. The van der Waals surface area contributed by atoms with Crippen molar-refractivity contribution >= 4 is 62.3 Å². The van der Waals surface area contributed by atoms with Crippen molar-refractivity contribution in [3.05, 3.63) is 154 Å². The van der Waals surface area contributed by atoms with Gasteiger partial charge in [-0.05, 0) is 91.9 Å². The van der Waals surface area contributed by atoms with Gasteiger partial charge in [0.05, 0.1) is 41.7 Å². The molecule has 57 heavy (non-hydrogen) atoms. The van der Waals surface area contributed by atoms with Crippen LogP contribution in [0.2, 0.25) is 0 Å². The molecule has 5 aromatic carbocycles. The highest BCUT2D eigenvalue weighted by atomic mass is 79.9. The Morgan fingerprint density at radius 3 is 2.11 bits per heavy atom. The molecule has 9 rings (SSSR count). The van der Waals surface area contributed by atoms with Crippen molar-refractivity contribution in [1.82, 2.24) is 5.01 Å². The third kappa shape index (κ3) is 5.74. The number of methoxy groups -OCH3 is 1. The number of hydrogen-bond acceptors (Lipinski definition) is 8. The van der Waals surface area contributed by atoms with Crippen LogP contribution in [0, 0.1) is 30.6 Å². The van der Waals surface area contributed by atoms with Crippen LogP contribution in [0.1, 0.15) is 35.4 Å². The van der Waals surface area contributed by atoms with Crippen molar-refractivity contribution < 1.29 is 29.0 Å². The molecule has 3 fully saturated rings. The standard InChI is InChI=1S/C46H39BrN4O6/c1-26-13-15-31(16-14-26)49-51-43(54)37-25-35-33(40(36-23-28(47)24-38(57-2)41(36)52)46(37,45(51)56)27-9-5-3-6-10-27)21-22-34-39(35)44(55)50(42(34)53)32-19-17-30(18-20-32)48-29-11-7-4-8-12-29/h3-21,23-24,34-35,37,39-40,48-49,52H,22,25H2,1-2H3. The van der Waals surface area contributed by atoms with Crippen LogP contribution in [-0.4, -0.2) is 40.9 Å². The van der Waals surface area contributed by atoms with E-state index in [4.69, 9.17) is 4.74 Å². The number of anilines is 4. The number of ether oxygens (including phenoxy) is 1. The second-order valence-corrected chi connectivity index (χ2v) is 16.1. The van der Waals surface area contributed by atoms with Gasteiger partial charge in [0.1, 0.15) is 0 Å². The maximum Gasteiger partial charge on any atom is 0.260 e. The number of phenolic OH excluding ortho intramolecular Hbond substituents is 1. The first-order chi connectivity index (χ1) is 27.6. The quantitative estimate of drug-likeness (QED) is 0.105. The maximum atomic E-state index is 15.4. The highest BCUT2D eigenvalue weighted by Crippen LogP contribution is 2.65. The molecular formula is C46H39BrN4O6. The number of nitrogens with zero attached hydrogens (tertiary/aromatic N) is 2. The molecule has 11 heteroatoms. The normalized spacial score (nSPS) is 25.1. The third-order valence-corrected chi connectivity index (χ3v) is 12.6. The summed E-state index contributed by atoms with van der Waals surface area (Å²) in [5.74, 6) is -5.52. The number of carbonyl (C=O) groups is 4. The van der Waals surface area contributed by atoms with E-state index in [2.05, 4.69) is 26.7 Å². The summed E-state index contributed by atoms with van der Waals surface area (Å²) in [6.07, 6.45) is 2.35. The predicted octanol–water partition coefficient (Wildman–Crippen LogP) is 8.40. The zero-order valence-electron chi connectivity index (χ0n) is 31.2. The Hall–Kier alpha value is -6.20. The summed E-state index contributed by atoms with van der Waals surface area (Å²) in [6, 6.07) is 36.9. The number of allylic oxidation sites excluding steroid dienone is 2. The average Bonchev–Trinajstić information content (AvgIpc) is 3.61. The van der Waals surface area contributed by atoms with E-state index in [9.17, 15) is 19.5 Å². The number of halogens is 1. The lowest BCUT2D eigenvalue weighted by Crippen LogP contribution is -2.53. The molecule has 10 nitrogen and oxygen atoms in total. The zero-order valence-corrected chi connectivity index (χ0v) is 32.8. The molecule has 6 unspecified atom stereocenters. The molecule has 4 amide bonds. The van der Waals surface area contributed by atoms with E-state index in [0.29, 0.717) is 27.0 Å². The van der Waals surface area contributed by atoms with Gasteiger partial charge in [0, 0.05) is 27.3 Å². The molecule has 286 valence electrons. The number of nitrogens with one attached hydrogen (secondary N) is 2. The fourth-order valence-electron chi connectivity index (χ4n) is 9.70. The topological polar surface area (TPSA) is 128 Å². The number of amides is 4. The van der Waals surface area contributed by atoms with Gasteiger partial charge in [0.25, 0.3) is 11.8 Å². The highest BCUT2D eigenvalue weighted by Gasteiger charge is 2.70. The van der Waals surface area contributed by atoms with Gasteiger partial charge in [-0.25, -0.2) is 0 Å². The molecule has 2 aliphatic carbocycles. The van der Waals surface area contributed by atoms with Gasteiger partial charge in [-0.3, -0.25) is 29.5 Å². The number of rotatable bonds is 8. The Kier molecular flexibility index (Phi) is 9.00. The Balaban J connectivity index is 1.17. The molecule has 0 aromatic heterocycles. The summed E-state index contributed by atoms with van der Waals surface area (Å²) >= 11 is 3.60. The maximum absolute atomic E-state index is 15.4. The van der Waals surface area contributed by atoms with Gasteiger partial charge in [0.2, 0.25) is 11.8 Å². The largest absolute Gasteiger partial charge is 0.504 e. The Morgan fingerprint density at radius 2 is 1.42 bits per heavy atom. The molecule has 1 saturated carbocycles.